The van der Waals surface area contributed by atoms with E-state index in [0.29, 0.717) is 12.1 Å². The Balaban J connectivity index is 1.55. The van der Waals surface area contributed by atoms with Gasteiger partial charge in [0, 0.05) is 18.7 Å². The molecule has 3 rings (SSSR count). The summed E-state index contributed by atoms with van der Waals surface area (Å²) in [6.07, 6.45) is 15.6. The van der Waals surface area contributed by atoms with Crippen LogP contribution < -0.4 is 5.32 Å². The molecule has 2 saturated carbocycles. The topological polar surface area (TPSA) is 29.9 Å². The predicted octanol–water partition coefficient (Wildman–Crippen LogP) is 4.10. The highest BCUT2D eigenvalue weighted by atomic mass is 15.3. The van der Waals surface area contributed by atoms with Crippen LogP contribution in [0.5, 0.6) is 0 Å². The highest BCUT2D eigenvalue weighted by Gasteiger charge is 2.26. The van der Waals surface area contributed by atoms with Gasteiger partial charge < -0.3 is 5.32 Å². The van der Waals surface area contributed by atoms with Crippen molar-refractivity contribution in [3.8, 4) is 0 Å². The van der Waals surface area contributed by atoms with E-state index in [4.69, 9.17) is 5.10 Å². The minimum Gasteiger partial charge on any atom is -0.314 e. The van der Waals surface area contributed by atoms with Crippen LogP contribution in [0.4, 0.5) is 0 Å². The molecule has 21 heavy (non-hydrogen) atoms. The maximum Gasteiger partial charge on any atom is 0.0640 e. The molecule has 1 N–H and O–H groups in total. The summed E-state index contributed by atoms with van der Waals surface area (Å²) in [5.74, 6) is 0.986. The fourth-order valence-electron chi connectivity index (χ4n) is 3.63. The van der Waals surface area contributed by atoms with Crippen molar-refractivity contribution >= 4 is 0 Å². The molecule has 0 aliphatic heterocycles. The van der Waals surface area contributed by atoms with Gasteiger partial charge in [-0.15, -0.1) is 0 Å². The standard InChI is InChI=1S/C18H31N3/c1-2-11-19-17(13-15-8-9-15)14-16-10-12-21(20-16)18-6-4-3-5-7-18/h10,12,15,17-19H,2-9,11,13-14H2,1H3. The Morgan fingerprint density at radius 2 is 2.05 bits per heavy atom. The van der Waals surface area contributed by atoms with Crippen molar-refractivity contribution in [2.75, 3.05) is 6.54 Å². The van der Waals surface area contributed by atoms with Crippen molar-refractivity contribution in [3.05, 3.63) is 18.0 Å². The molecule has 1 aromatic heterocycles. The Kier molecular flexibility index (Phi) is 5.34. The summed E-state index contributed by atoms with van der Waals surface area (Å²) in [4.78, 5) is 0. The lowest BCUT2D eigenvalue weighted by Gasteiger charge is -2.22. The predicted molar refractivity (Wildman–Crippen MR) is 87.5 cm³/mol. The summed E-state index contributed by atoms with van der Waals surface area (Å²) < 4.78 is 2.25. The molecule has 3 nitrogen and oxygen atoms in total. The van der Waals surface area contributed by atoms with Crippen LogP contribution in [0.1, 0.15) is 76.4 Å². The van der Waals surface area contributed by atoms with Crippen LogP contribution in [-0.4, -0.2) is 22.4 Å². The molecule has 0 bridgehead atoms. The Morgan fingerprint density at radius 1 is 1.24 bits per heavy atom. The van der Waals surface area contributed by atoms with E-state index in [1.807, 2.05) is 0 Å². The lowest BCUT2D eigenvalue weighted by atomic mass is 9.96. The molecule has 1 atom stereocenters. The van der Waals surface area contributed by atoms with E-state index in [0.717, 1.165) is 18.9 Å². The largest absolute Gasteiger partial charge is 0.314 e. The van der Waals surface area contributed by atoms with Crippen LogP contribution in [0, 0.1) is 5.92 Å². The third-order valence-corrected chi connectivity index (χ3v) is 5.07. The molecule has 0 aromatic carbocycles. The smallest absolute Gasteiger partial charge is 0.0640 e. The molecule has 2 fully saturated rings. The van der Waals surface area contributed by atoms with E-state index < -0.39 is 0 Å². The monoisotopic (exact) mass is 289 g/mol. The number of aromatic nitrogens is 2. The Hall–Kier alpha value is -0.830. The fraction of sp³-hybridized carbons (Fsp3) is 0.833. The number of hydrogen-bond acceptors (Lipinski definition) is 2. The van der Waals surface area contributed by atoms with Crippen molar-refractivity contribution < 1.29 is 0 Å². The SMILES string of the molecule is CCCNC(Cc1ccn(C2CCCCC2)n1)CC1CC1. The third-order valence-electron chi connectivity index (χ3n) is 5.07. The zero-order valence-corrected chi connectivity index (χ0v) is 13.6. The molecule has 0 amide bonds. The van der Waals surface area contributed by atoms with E-state index in [1.165, 1.54) is 63.5 Å². The summed E-state index contributed by atoms with van der Waals surface area (Å²) >= 11 is 0. The highest BCUT2D eigenvalue weighted by molar-refractivity contribution is 5.03. The first-order valence-corrected chi connectivity index (χ1v) is 9.12. The molecule has 1 unspecified atom stereocenters. The summed E-state index contributed by atoms with van der Waals surface area (Å²) in [5.41, 5.74) is 1.29. The zero-order chi connectivity index (χ0) is 14.5. The molecule has 3 heteroatoms. The van der Waals surface area contributed by atoms with Gasteiger partial charge in [0.15, 0.2) is 0 Å². The number of nitrogens with one attached hydrogen (secondary N) is 1. The normalized spacial score (nSPS) is 21.6. The second-order valence-electron chi connectivity index (χ2n) is 7.11. The second-order valence-corrected chi connectivity index (χ2v) is 7.11. The lowest BCUT2D eigenvalue weighted by molar-refractivity contribution is 0.327. The summed E-state index contributed by atoms with van der Waals surface area (Å²) in [6, 6.07) is 3.55. The van der Waals surface area contributed by atoms with Crippen LogP contribution in [0.15, 0.2) is 12.3 Å². The maximum absolute atomic E-state index is 4.89. The van der Waals surface area contributed by atoms with Gasteiger partial charge in [-0.3, -0.25) is 4.68 Å². The molecule has 2 aliphatic rings. The summed E-state index contributed by atoms with van der Waals surface area (Å²) in [7, 11) is 0. The first-order valence-electron chi connectivity index (χ1n) is 9.12. The van der Waals surface area contributed by atoms with Crippen molar-refractivity contribution in [3.63, 3.8) is 0 Å². The van der Waals surface area contributed by atoms with Gasteiger partial charge >= 0.3 is 0 Å². The van der Waals surface area contributed by atoms with Crippen molar-refractivity contribution in [2.24, 2.45) is 5.92 Å². The van der Waals surface area contributed by atoms with E-state index in [-0.39, 0.29) is 0 Å². The van der Waals surface area contributed by atoms with Crippen LogP contribution in [0.2, 0.25) is 0 Å². The van der Waals surface area contributed by atoms with Crippen LogP contribution in [-0.2, 0) is 6.42 Å². The molecule has 118 valence electrons. The molecule has 0 saturated heterocycles. The molecule has 1 heterocycles. The van der Waals surface area contributed by atoms with Gasteiger partial charge in [0.25, 0.3) is 0 Å². The molecular weight excluding hydrogens is 258 g/mol. The van der Waals surface area contributed by atoms with Crippen molar-refractivity contribution in [1.29, 1.82) is 0 Å². The Labute approximate surface area is 129 Å². The van der Waals surface area contributed by atoms with Crippen molar-refractivity contribution in [2.45, 2.75) is 83.2 Å². The number of hydrogen-bond donors (Lipinski definition) is 1. The van der Waals surface area contributed by atoms with Gasteiger partial charge in [-0.2, -0.15) is 5.10 Å². The Bertz CT molecular complexity index is 416. The van der Waals surface area contributed by atoms with Gasteiger partial charge in [0.2, 0.25) is 0 Å². The summed E-state index contributed by atoms with van der Waals surface area (Å²) in [5, 5.41) is 8.61. The van der Waals surface area contributed by atoms with E-state index >= 15 is 0 Å². The fourth-order valence-corrected chi connectivity index (χ4v) is 3.63. The lowest BCUT2D eigenvalue weighted by Crippen LogP contribution is -2.32. The highest BCUT2D eigenvalue weighted by Crippen LogP contribution is 2.34. The third kappa shape index (κ3) is 4.57. The molecular formula is C18H31N3. The number of nitrogens with zero attached hydrogens (tertiary/aromatic N) is 2. The first-order chi connectivity index (χ1) is 10.3. The van der Waals surface area contributed by atoms with E-state index in [1.54, 1.807) is 0 Å². The van der Waals surface area contributed by atoms with Gasteiger partial charge in [0.1, 0.15) is 0 Å². The average Bonchev–Trinajstić information content (AvgIpc) is 3.21. The van der Waals surface area contributed by atoms with Crippen molar-refractivity contribution in [1.82, 2.24) is 15.1 Å². The van der Waals surface area contributed by atoms with E-state index in [9.17, 15) is 0 Å². The molecule has 0 spiro atoms. The van der Waals surface area contributed by atoms with Gasteiger partial charge in [-0.05, 0) is 44.2 Å². The van der Waals surface area contributed by atoms with Gasteiger partial charge in [0.05, 0.1) is 11.7 Å². The minimum absolute atomic E-state index is 0.632. The Morgan fingerprint density at radius 3 is 2.76 bits per heavy atom. The molecule has 0 radical (unpaired) electrons. The minimum atomic E-state index is 0.632. The first kappa shape index (κ1) is 15.1. The van der Waals surface area contributed by atoms with Gasteiger partial charge in [-0.1, -0.05) is 39.0 Å². The van der Waals surface area contributed by atoms with Crippen LogP contribution in [0.25, 0.3) is 0 Å². The van der Waals surface area contributed by atoms with Gasteiger partial charge in [-0.25, -0.2) is 0 Å². The van der Waals surface area contributed by atoms with Crippen LogP contribution >= 0.6 is 0 Å². The summed E-state index contributed by atoms with van der Waals surface area (Å²) in [6.45, 7) is 3.39. The number of rotatable bonds is 8. The van der Waals surface area contributed by atoms with E-state index in [2.05, 4.69) is 29.2 Å². The molecule has 1 aromatic rings. The maximum atomic E-state index is 4.89. The second kappa shape index (κ2) is 7.44. The zero-order valence-electron chi connectivity index (χ0n) is 13.6. The van der Waals surface area contributed by atoms with Crippen LogP contribution in [0.3, 0.4) is 0 Å². The average molecular weight is 289 g/mol. The quantitative estimate of drug-likeness (QED) is 0.781. The molecule has 2 aliphatic carbocycles.